The summed E-state index contributed by atoms with van der Waals surface area (Å²) >= 11 is 11.7. The molecule has 0 saturated heterocycles. The largest absolute Gasteiger partial charge is 0.249 e. The smallest absolute Gasteiger partial charge is 0.150 e. The summed E-state index contributed by atoms with van der Waals surface area (Å²) in [5, 5.41) is 0.226. The average molecular weight is 273 g/mol. The third kappa shape index (κ3) is 2.24. The summed E-state index contributed by atoms with van der Waals surface area (Å²) in [7, 11) is -1.46. The molecule has 0 aliphatic rings. The Morgan fingerprint density at radius 1 is 1.00 bits per heavy atom. The van der Waals surface area contributed by atoms with Gasteiger partial charge in [-0.15, -0.1) is 0 Å². The van der Waals surface area contributed by atoms with Crippen LogP contribution in [0, 0.1) is 0 Å². The van der Waals surface area contributed by atoms with Crippen LogP contribution in [-0.2, 0) is 10.8 Å². The van der Waals surface area contributed by atoms with E-state index in [0.29, 0.717) is 4.90 Å². The van der Waals surface area contributed by atoms with Crippen molar-refractivity contribution in [2.24, 2.45) is 0 Å². The molecule has 0 N–H and O–H groups in total. The summed E-state index contributed by atoms with van der Waals surface area (Å²) in [6.07, 6.45) is 1.23. The lowest BCUT2D eigenvalue weighted by Crippen LogP contribution is -1.98. The lowest BCUT2D eigenvalue weighted by Gasteiger charge is -2.04. The van der Waals surface area contributed by atoms with Gasteiger partial charge in [-0.2, -0.15) is 0 Å². The van der Waals surface area contributed by atoms with E-state index in [0.717, 1.165) is 0 Å². The standard InChI is InChI=1S/C10H6Cl2N2OS/c11-9-8(10(12)14-6-13-9)16(15)7-4-2-1-3-5-7/h1-6H. The zero-order chi connectivity index (χ0) is 11.5. The Bertz CT molecular complexity index is 513. The first-order chi connectivity index (χ1) is 7.70. The van der Waals surface area contributed by atoms with Crippen molar-refractivity contribution in [3.8, 4) is 0 Å². The number of halogens is 2. The fourth-order valence-corrected chi connectivity index (χ4v) is 2.93. The van der Waals surface area contributed by atoms with E-state index in [1.807, 2.05) is 6.07 Å². The summed E-state index contributed by atoms with van der Waals surface area (Å²) < 4.78 is 12.2. The number of nitrogens with zero attached hydrogens (tertiary/aromatic N) is 2. The predicted molar refractivity (Wildman–Crippen MR) is 63.2 cm³/mol. The first-order valence-corrected chi connectivity index (χ1v) is 6.23. The summed E-state index contributed by atoms with van der Waals surface area (Å²) in [5.74, 6) is 0. The molecule has 3 nitrogen and oxygen atoms in total. The molecule has 0 amide bonds. The number of hydrogen-bond acceptors (Lipinski definition) is 3. The van der Waals surface area contributed by atoms with Crippen molar-refractivity contribution < 1.29 is 4.21 Å². The van der Waals surface area contributed by atoms with Gasteiger partial charge in [0.15, 0.2) is 10.3 Å². The first kappa shape index (κ1) is 11.5. The van der Waals surface area contributed by atoms with Crippen LogP contribution < -0.4 is 0 Å². The highest BCUT2D eigenvalue weighted by Gasteiger charge is 2.16. The minimum Gasteiger partial charge on any atom is -0.249 e. The minimum atomic E-state index is -1.46. The number of rotatable bonds is 2. The van der Waals surface area contributed by atoms with Crippen molar-refractivity contribution in [3.63, 3.8) is 0 Å². The van der Waals surface area contributed by atoms with E-state index < -0.39 is 10.8 Å². The van der Waals surface area contributed by atoms with Crippen LogP contribution in [0.1, 0.15) is 0 Å². The fourth-order valence-electron chi connectivity index (χ4n) is 1.15. The molecule has 0 fully saturated rings. The van der Waals surface area contributed by atoms with Gasteiger partial charge in [0, 0.05) is 4.90 Å². The normalized spacial score (nSPS) is 12.4. The summed E-state index contributed by atoms with van der Waals surface area (Å²) in [4.78, 5) is 8.39. The van der Waals surface area contributed by atoms with Crippen molar-refractivity contribution in [2.45, 2.75) is 9.79 Å². The lowest BCUT2D eigenvalue weighted by atomic mass is 10.4. The molecule has 16 heavy (non-hydrogen) atoms. The van der Waals surface area contributed by atoms with E-state index in [4.69, 9.17) is 23.2 Å². The third-order valence-corrected chi connectivity index (χ3v) is 4.11. The van der Waals surface area contributed by atoms with E-state index in [1.54, 1.807) is 24.3 Å². The van der Waals surface area contributed by atoms with Gasteiger partial charge in [-0.05, 0) is 12.1 Å². The molecule has 1 heterocycles. The Kier molecular flexibility index (Phi) is 3.53. The van der Waals surface area contributed by atoms with Gasteiger partial charge in [0.05, 0.1) is 10.8 Å². The lowest BCUT2D eigenvalue weighted by molar-refractivity contribution is 0.682. The minimum absolute atomic E-state index is 0.113. The Labute approximate surface area is 105 Å². The summed E-state index contributed by atoms with van der Waals surface area (Å²) in [5.41, 5.74) is 0. The topological polar surface area (TPSA) is 42.9 Å². The van der Waals surface area contributed by atoms with E-state index in [1.165, 1.54) is 6.33 Å². The Morgan fingerprint density at radius 2 is 1.56 bits per heavy atom. The molecule has 0 spiro atoms. The quantitative estimate of drug-likeness (QED) is 0.790. The van der Waals surface area contributed by atoms with Crippen LogP contribution in [0.3, 0.4) is 0 Å². The van der Waals surface area contributed by atoms with E-state index >= 15 is 0 Å². The molecular formula is C10H6Cl2N2OS. The van der Waals surface area contributed by atoms with E-state index in [9.17, 15) is 4.21 Å². The Balaban J connectivity index is 2.50. The molecule has 2 aromatic rings. The fraction of sp³-hybridized carbons (Fsp3) is 0. The zero-order valence-corrected chi connectivity index (χ0v) is 10.3. The molecule has 1 aromatic heterocycles. The molecule has 2 rings (SSSR count). The van der Waals surface area contributed by atoms with Gasteiger partial charge in [0.2, 0.25) is 0 Å². The third-order valence-electron chi connectivity index (χ3n) is 1.86. The van der Waals surface area contributed by atoms with Crippen molar-refractivity contribution >= 4 is 34.0 Å². The molecule has 0 aliphatic heterocycles. The van der Waals surface area contributed by atoms with Crippen molar-refractivity contribution in [1.29, 1.82) is 0 Å². The zero-order valence-electron chi connectivity index (χ0n) is 7.93. The summed E-state index contributed by atoms with van der Waals surface area (Å²) in [6, 6.07) is 8.88. The molecule has 6 heteroatoms. The Hall–Kier alpha value is -0.970. The van der Waals surface area contributed by atoms with Crippen LogP contribution in [-0.4, -0.2) is 14.2 Å². The second kappa shape index (κ2) is 4.91. The van der Waals surface area contributed by atoms with Gasteiger partial charge in [-0.25, -0.2) is 14.2 Å². The highest BCUT2D eigenvalue weighted by molar-refractivity contribution is 7.85. The molecule has 0 bridgehead atoms. The van der Waals surface area contributed by atoms with Gasteiger partial charge in [-0.3, -0.25) is 0 Å². The molecule has 0 radical (unpaired) electrons. The molecular weight excluding hydrogens is 267 g/mol. The maximum Gasteiger partial charge on any atom is 0.150 e. The monoisotopic (exact) mass is 272 g/mol. The van der Waals surface area contributed by atoms with Crippen LogP contribution in [0.25, 0.3) is 0 Å². The summed E-state index contributed by atoms with van der Waals surface area (Å²) in [6.45, 7) is 0. The van der Waals surface area contributed by atoms with Crippen LogP contribution >= 0.6 is 23.2 Å². The number of aromatic nitrogens is 2. The SMILES string of the molecule is O=S(c1ccccc1)c1c(Cl)ncnc1Cl. The van der Waals surface area contributed by atoms with Crippen molar-refractivity contribution in [2.75, 3.05) is 0 Å². The van der Waals surface area contributed by atoms with Gasteiger partial charge >= 0.3 is 0 Å². The van der Waals surface area contributed by atoms with Crippen LogP contribution in [0.15, 0.2) is 46.5 Å². The van der Waals surface area contributed by atoms with Gasteiger partial charge in [0.1, 0.15) is 11.2 Å². The van der Waals surface area contributed by atoms with Crippen LogP contribution in [0.4, 0.5) is 0 Å². The highest BCUT2D eigenvalue weighted by Crippen LogP contribution is 2.27. The predicted octanol–water partition coefficient (Wildman–Crippen LogP) is 2.95. The number of benzene rings is 1. The molecule has 1 atom stereocenters. The highest BCUT2D eigenvalue weighted by atomic mass is 35.5. The molecule has 82 valence electrons. The average Bonchev–Trinajstić information content (AvgIpc) is 2.30. The maximum atomic E-state index is 12.2. The second-order valence-electron chi connectivity index (χ2n) is 2.87. The number of hydrogen-bond donors (Lipinski definition) is 0. The van der Waals surface area contributed by atoms with Crippen molar-refractivity contribution in [3.05, 3.63) is 47.0 Å². The second-order valence-corrected chi connectivity index (χ2v) is 5.00. The Morgan fingerprint density at radius 3 is 2.12 bits per heavy atom. The van der Waals surface area contributed by atoms with E-state index in [2.05, 4.69) is 9.97 Å². The first-order valence-electron chi connectivity index (χ1n) is 4.33. The van der Waals surface area contributed by atoms with Crippen LogP contribution in [0.2, 0.25) is 10.3 Å². The van der Waals surface area contributed by atoms with Crippen molar-refractivity contribution in [1.82, 2.24) is 9.97 Å². The molecule has 0 saturated carbocycles. The van der Waals surface area contributed by atoms with Crippen LogP contribution in [0.5, 0.6) is 0 Å². The van der Waals surface area contributed by atoms with Gasteiger partial charge < -0.3 is 0 Å². The molecule has 1 aromatic carbocycles. The molecule has 0 aliphatic carbocycles. The molecule has 1 unspecified atom stereocenters. The van der Waals surface area contributed by atoms with E-state index in [-0.39, 0.29) is 15.2 Å². The maximum absolute atomic E-state index is 12.2. The van der Waals surface area contributed by atoms with Gasteiger partial charge in [0.25, 0.3) is 0 Å². The van der Waals surface area contributed by atoms with Gasteiger partial charge in [-0.1, -0.05) is 41.4 Å².